The Labute approximate surface area is 181 Å². The number of nitrogens with two attached hydrogens (primary N) is 1. The van der Waals surface area contributed by atoms with Gasteiger partial charge in [0, 0.05) is 19.8 Å². The summed E-state index contributed by atoms with van der Waals surface area (Å²) < 4.78 is 15.5. The van der Waals surface area contributed by atoms with E-state index in [2.05, 4.69) is 15.3 Å². The lowest BCUT2D eigenvalue weighted by atomic mass is 10.2. The van der Waals surface area contributed by atoms with Crippen molar-refractivity contribution in [1.29, 1.82) is 0 Å². The molecular weight excluding hydrogens is 415 g/mol. The van der Waals surface area contributed by atoms with Gasteiger partial charge in [-0.3, -0.25) is 18.7 Å². The van der Waals surface area contributed by atoms with E-state index in [0.29, 0.717) is 16.9 Å². The highest BCUT2D eigenvalue weighted by atomic mass is 19.1. The molecule has 9 nitrogen and oxygen atoms in total. The van der Waals surface area contributed by atoms with Crippen LogP contribution < -0.4 is 22.3 Å². The van der Waals surface area contributed by atoms with Gasteiger partial charge in [-0.1, -0.05) is 18.2 Å². The molecule has 0 unspecified atom stereocenters. The maximum absolute atomic E-state index is 13.2. The molecule has 3 heterocycles. The largest absolute Gasteiger partial charge is 0.384 e. The van der Waals surface area contributed by atoms with Crippen LogP contribution in [0.4, 0.5) is 10.2 Å². The Morgan fingerprint density at radius 1 is 1.06 bits per heavy atom. The van der Waals surface area contributed by atoms with Gasteiger partial charge in [0.15, 0.2) is 0 Å². The highest BCUT2D eigenvalue weighted by Gasteiger charge is 2.15. The van der Waals surface area contributed by atoms with Gasteiger partial charge >= 0.3 is 5.69 Å². The number of fused-ring (bicyclic) bond motifs is 1. The van der Waals surface area contributed by atoms with E-state index >= 15 is 0 Å². The lowest BCUT2D eigenvalue weighted by molar-refractivity contribution is 0.0946. The first-order valence-corrected chi connectivity index (χ1v) is 9.66. The molecule has 0 aliphatic heterocycles. The number of pyridine rings is 2. The molecule has 3 aromatic heterocycles. The molecule has 0 fully saturated rings. The molecule has 0 bridgehead atoms. The molecule has 0 atom stereocenters. The van der Waals surface area contributed by atoms with Crippen LogP contribution in [-0.4, -0.2) is 25.0 Å². The first kappa shape index (κ1) is 20.9. The summed E-state index contributed by atoms with van der Waals surface area (Å²) in [5.41, 5.74) is 6.12. The van der Waals surface area contributed by atoms with Gasteiger partial charge in [-0.15, -0.1) is 0 Å². The number of nitrogen functional groups attached to an aromatic ring is 1. The highest BCUT2D eigenvalue weighted by molar-refractivity contribution is 5.95. The molecule has 1 amide bonds. The number of nitrogens with one attached hydrogen (secondary N) is 1. The van der Waals surface area contributed by atoms with Gasteiger partial charge in [0.2, 0.25) is 0 Å². The van der Waals surface area contributed by atoms with E-state index in [0.717, 1.165) is 10.1 Å². The van der Waals surface area contributed by atoms with Crippen LogP contribution in [0.3, 0.4) is 0 Å². The van der Waals surface area contributed by atoms with Gasteiger partial charge in [-0.05, 0) is 35.4 Å². The predicted molar refractivity (Wildman–Crippen MR) is 117 cm³/mol. The van der Waals surface area contributed by atoms with Gasteiger partial charge in [0.1, 0.15) is 17.3 Å². The first-order valence-electron chi connectivity index (χ1n) is 9.66. The number of rotatable bonds is 5. The van der Waals surface area contributed by atoms with E-state index in [9.17, 15) is 18.8 Å². The van der Waals surface area contributed by atoms with Crippen LogP contribution in [-0.2, 0) is 20.1 Å². The van der Waals surface area contributed by atoms with Crippen LogP contribution in [0, 0.1) is 5.82 Å². The molecule has 10 heteroatoms. The van der Waals surface area contributed by atoms with Crippen molar-refractivity contribution in [3.63, 3.8) is 0 Å². The van der Waals surface area contributed by atoms with Crippen molar-refractivity contribution in [2.24, 2.45) is 7.05 Å². The summed E-state index contributed by atoms with van der Waals surface area (Å²) in [6.07, 6.45) is 2.87. The third-order valence-electron chi connectivity index (χ3n) is 5.02. The minimum Gasteiger partial charge on any atom is -0.384 e. The maximum Gasteiger partial charge on any atom is 0.331 e. The SMILES string of the molecule is Cn1c(=O)n(Cc2ccc(F)cc2)c(=O)c2cc(C(=O)NCc3ccc(N)nc3)ncc21. The normalized spacial score (nSPS) is 10.9. The number of benzene rings is 1. The standard InChI is InChI=1S/C22H19FN6O3/c1-28-18-11-25-17(20(30)27-10-14-4-7-19(24)26-9-14)8-16(18)21(31)29(22(28)32)12-13-2-5-15(23)6-3-13/h2-9,11H,10,12H2,1H3,(H2,24,26)(H,27,30). The van der Waals surface area contributed by atoms with Crippen LogP contribution >= 0.6 is 0 Å². The fraction of sp³-hybridized carbons (Fsp3) is 0.136. The van der Waals surface area contributed by atoms with Crippen LogP contribution in [0.1, 0.15) is 21.6 Å². The van der Waals surface area contributed by atoms with Crippen molar-refractivity contribution >= 4 is 22.6 Å². The fourth-order valence-corrected chi connectivity index (χ4v) is 3.25. The van der Waals surface area contributed by atoms with E-state index in [1.807, 2.05) is 0 Å². The zero-order valence-electron chi connectivity index (χ0n) is 17.1. The Kier molecular flexibility index (Phi) is 5.50. The zero-order chi connectivity index (χ0) is 22.8. The molecule has 0 aliphatic carbocycles. The number of amides is 1. The fourth-order valence-electron chi connectivity index (χ4n) is 3.25. The number of carbonyl (C=O) groups is 1. The molecule has 0 saturated heterocycles. The summed E-state index contributed by atoms with van der Waals surface area (Å²) in [4.78, 5) is 46.4. The number of anilines is 1. The number of halogens is 1. The molecular formula is C22H19FN6O3. The van der Waals surface area contributed by atoms with Gasteiger partial charge in [0.05, 0.1) is 23.6 Å². The number of aryl methyl sites for hydroxylation is 1. The summed E-state index contributed by atoms with van der Waals surface area (Å²) in [5.74, 6) is -0.523. The van der Waals surface area contributed by atoms with Crippen molar-refractivity contribution in [3.8, 4) is 0 Å². The second kappa shape index (κ2) is 8.42. The summed E-state index contributed by atoms with van der Waals surface area (Å²) in [6.45, 7) is 0.170. The Balaban J connectivity index is 1.67. The predicted octanol–water partition coefficient (Wildman–Crippen LogP) is 1.19. The number of hydrogen-bond donors (Lipinski definition) is 2. The number of hydrogen-bond acceptors (Lipinski definition) is 6. The third kappa shape index (κ3) is 4.10. The lowest BCUT2D eigenvalue weighted by Crippen LogP contribution is -2.39. The monoisotopic (exact) mass is 434 g/mol. The second-order valence-corrected chi connectivity index (χ2v) is 7.22. The van der Waals surface area contributed by atoms with Crippen LogP contribution in [0.5, 0.6) is 0 Å². The van der Waals surface area contributed by atoms with E-state index in [1.165, 1.54) is 48.1 Å². The van der Waals surface area contributed by atoms with Crippen molar-refractivity contribution in [3.05, 3.63) is 98.3 Å². The van der Waals surface area contributed by atoms with Crippen molar-refractivity contribution in [2.45, 2.75) is 13.1 Å². The summed E-state index contributed by atoms with van der Waals surface area (Å²) >= 11 is 0. The summed E-state index contributed by atoms with van der Waals surface area (Å²) in [6, 6.07) is 10.2. The van der Waals surface area contributed by atoms with Crippen LogP contribution in [0.25, 0.3) is 10.9 Å². The molecule has 0 aliphatic rings. The van der Waals surface area contributed by atoms with Gasteiger partial charge in [0.25, 0.3) is 11.5 Å². The van der Waals surface area contributed by atoms with E-state index in [1.54, 1.807) is 18.3 Å². The van der Waals surface area contributed by atoms with E-state index < -0.39 is 23.0 Å². The van der Waals surface area contributed by atoms with Gasteiger partial charge < -0.3 is 11.1 Å². The number of carbonyl (C=O) groups excluding carboxylic acids is 1. The van der Waals surface area contributed by atoms with Crippen molar-refractivity contribution in [2.75, 3.05) is 5.73 Å². The zero-order valence-corrected chi connectivity index (χ0v) is 17.1. The topological polar surface area (TPSA) is 125 Å². The van der Waals surface area contributed by atoms with Crippen LogP contribution in [0.2, 0.25) is 0 Å². The van der Waals surface area contributed by atoms with E-state index in [4.69, 9.17) is 5.73 Å². The van der Waals surface area contributed by atoms with Gasteiger partial charge in [-0.25, -0.2) is 19.2 Å². The smallest absolute Gasteiger partial charge is 0.331 e. The Morgan fingerprint density at radius 2 is 1.78 bits per heavy atom. The molecule has 0 saturated carbocycles. The molecule has 4 aromatic rings. The lowest BCUT2D eigenvalue weighted by Gasteiger charge is -2.12. The van der Waals surface area contributed by atoms with E-state index in [-0.39, 0.29) is 24.2 Å². The minimum atomic E-state index is -0.563. The number of aromatic nitrogens is 4. The molecule has 1 aromatic carbocycles. The first-order chi connectivity index (χ1) is 15.3. The molecule has 32 heavy (non-hydrogen) atoms. The van der Waals surface area contributed by atoms with Crippen molar-refractivity contribution in [1.82, 2.24) is 24.4 Å². The summed E-state index contributed by atoms with van der Waals surface area (Å²) in [5, 5.41) is 2.88. The second-order valence-electron chi connectivity index (χ2n) is 7.22. The Hall–Kier alpha value is -4.34. The molecule has 0 spiro atoms. The van der Waals surface area contributed by atoms with Gasteiger partial charge in [-0.2, -0.15) is 0 Å². The maximum atomic E-state index is 13.2. The quantitative estimate of drug-likeness (QED) is 0.486. The third-order valence-corrected chi connectivity index (χ3v) is 5.02. The average molecular weight is 434 g/mol. The van der Waals surface area contributed by atoms with Crippen molar-refractivity contribution < 1.29 is 9.18 Å². The van der Waals surface area contributed by atoms with Crippen LogP contribution in [0.15, 0.2) is 64.4 Å². The Bertz CT molecular complexity index is 1430. The number of nitrogens with zero attached hydrogens (tertiary/aromatic N) is 4. The average Bonchev–Trinajstić information content (AvgIpc) is 2.80. The summed E-state index contributed by atoms with van der Waals surface area (Å²) in [7, 11) is 1.51. The molecule has 162 valence electrons. The molecule has 0 radical (unpaired) electrons. The highest BCUT2D eigenvalue weighted by Crippen LogP contribution is 2.10. The minimum absolute atomic E-state index is 0.0320. The molecule has 4 rings (SSSR count). The Morgan fingerprint density at radius 3 is 2.47 bits per heavy atom. The molecule has 3 N–H and O–H groups in total.